The highest BCUT2D eigenvalue weighted by Crippen LogP contribution is 2.29. The minimum absolute atomic E-state index is 0.0575. The minimum Gasteiger partial charge on any atom is -0.459 e. The number of urea groups is 1. The normalized spacial score (nSPS) is 15.0. The van der Waals surface area contributed by atoms with Crippen LogP contribution in [0.3, 0.4) is 0 Å². The molecule has 3 rings (SSSR count). The van der Waals surface area contributed by atoms with Crippen molar-refractivity contribution in [2.45, 2.75) is 26.2 Å². The van der Waals surface area contributed by atoms with E-state index in [4.69, 9.17) is 4.42 Å². The third-order valence-corrected chi connectivity index (χ3v) is 4.56. The van der Waals surface area contributed by atoms with Gasteiger partial charge in [-0.3, -0.25) is 4.79 Å². The van der Waals surface area contributed by atoms with Gasteiger partial charge in [-0.25, -0.2) is 4.79 Å². The Balaban J connectivity index is 1.60. The van der Waals surface area contributed by atoms with Crippen LogP contribution >= 0.6 is 0 Å². The van der Waals surface area contributed by atoms with Gasteiger partial charge in [0.1, 0.15) is 0 Å². The van der Waals surface area contributed by atoms with Gasteiger partial charge in [0.2, 0.25) is 0 Å². The molecule has 26 heavy (non-hydrogen) atoms. The van der Waals surface area contributed by atoms with Crippen LogP contribution in [0.25, 0.3) is 0 Å². The molecule has 1 aliphatic heterocycles. The van der Waals surface area contributed by atoms with Gasteiger partial charge in [-0.15, -0.1) is 0 Å². The summed E-state index contributed by atoms with van der Waals surface area (Å²) in [5, 5.41) is 3.02. The summed E-state index contributed by atoms with van der Waals surface area (Å²) >= 11 is 0. The fourth-order valence-corrected chi connectivity index (χ4v) is 3.11. The predicted molar refractivity (Wildman–Crippen MR) is 100 cm³/mol. The number of para-hydroxylation sites is 1. The molecular weight excluding hydrogens is 330 g/mol. The van der Waals surface area contributed by atoms with Crippen molar-refractivity contribution in [2.24, 2.45) is 0 Å². The molecule has 3 amide bonds. The lowest BCUT2D eigenvalue weighted by Gasteiger charge is -2.34. The second kappa shape index (κ2) is 7.23. The molecule has 1 aliphatic rings. The maximum Gasteiger partial charge on any atom is 0.321 e. The molecule has 6 heteroatoms. The Labute approximate surface area is 153 Å². The van der Waals surface area contributed by atoms with Crippen LogP contribution < -0.4 is 5.32 Å². The number of amides is 3. The SMILES string of the molecule is CC(C)(C)c1ccccc1NC(=O)N1CCN(C(=O)c2ccco2)CC1. The fraction of sp³-hybridized carbons (Fsp3) is 0.400. The zero-order chi connectivity index (χ0) is 18.7. The summed E-state index contributed by atoms with van der Waals surface area (Å²) in [6.07, 6.45) is 1.49. The molecule has 1 aromatic carbocycles. The number of furan rings is 1. The standard InChI is InChI=1S/C20H25N3O3/c1-20(2,3)15-7-4-5-8-16(15)21-19(25)23-12-10-22(11-13-23)18(24)17-9-6-14-26-17/h4-9,14H,10-13H2,1-3H3,(H,21,25). The van der Waals surface area contributed by atoms with E-state index < -0.39 is 0 Å². The van der Waals surface area contributed by atoms with E-state index in [0.717, 1.165) is 11.3 Å². The van der Waals surface area contributed by atoms with Gasteiger partial charge in [-0.05, 0) is 29.2 Å². The molecule has 2 heterocycles. The molecule has 1 aromatic heterocycles. The van der Waals surface area contributed by atoms with Crippen LogP contribution in [0, 0.1) is 0 Å². The van der Waals surface area contributed by atoms with Gasteiger partial charge in [0.15, 0.2) is 5.76 Å². The molecule has 1 N–H and O–H groups in total. The monoisotopic (exact) mass is 355 g/mol. The first-order chi connectivity index (χ1) is 12.4. The van der Waals surface area contributed by atoms with Crippen molar-refractivity contribution < 1.29 is 14.0 Å². The van der Waals surface area contributed by atoms with Gasteiger partial charge in [-0.1, -0.05) is 39.0 Å². The second-order valence-corrected chi connectivity index (χ2v) is 7.48. The Morgan fingerprint density at radius 2 is 1.62 bits per heavy atom. The summed E-state index contributed by atoms with van der Waals surface area (Å²) in [7, 11) is 0. The van der Waals surface area contributed by atoms with E-state index in [1.54, 1.807) is 21.9 Å². The van der Waals surface area contributed by atoms with Crippen LogP contribution in [0.2, 0.25) is 0 Å². The van der Waals surface area contributed by atoms with Gasteiger partial charge in [0, 0.05) is 31.9 Å². The molecule has 138 valence electrons. The number of benzene rings is 1. The highest BCUT2D eigenvalue weighted by atomic mass is 16.3. The van der Waals surface area contributed by atoms with Crippen LogP contribution in [-0.4, -0.2) is 47.9 Å². The Morgan fingerprint density at radius 1 is 0.962 bits per heavy atom. The average Bonchev–Trinajstić information content (AvgIpc) is 3.15. The molecule has 0 spiro atoms. The Hall–Kier alpha value is -2.76. The van der Waals surface area contributed by atoms with Crippen LogP contribution in [-0.2, 0) is 5.41 Å². The first-order valence-corrected chi connectivity index (χ1v) is 8.84. The zero-order valence-electron chi connectivity index (χ0n) is 15.5. The lowest BCUT2D eigenvalue weighted by molar-refractivity contribution is 0.0640. The van der Waals surface area contributed by atoms with Crippen molar-refractivity contribution in [3.05, 3.63) is 54.0 Å². The number of hydrogen-bond donors (Lipinski definition) is 1. The lowest BCUT2D eigenvalue weighted by atomic mass is 9.86. The molecule has 0 aliphatic carbocycles. The smallest absolute Gasteiger partial charge is 0.321 e. The van der Waals surface area contributed by atoms with Gasteiger partial charge in [0.05, 0.1) is 6.26 Å². The van der Waals surface area contributed by atoms with E-state index in [1.807, 2.05) is 24.3 Å². The summed E-state index contributed by atoms with van der Waals surface area (Å²) < 4.78 is 5.16. The molecule has 2 aromatic rings. The Bertz CT molecular complexity index is 770. The topological polar surface area (TPSA) is 65.8 Å². The maximum absolute atomic E-state index is 12.6. The highest BCUT2D eigenvalue weighted by Gasteiger charge is 2.27. The van der Waals surface area contributed by atoms with E-state index in [1.165, 1.54) is 6.26 Å². The number of piperazine rings is 1. The quantitative estimate of drug-likeness (QED) is 0.896. The first-order valence-electron chi connectivity index (χ1n) is 8.84. The van der Waals surface area contributed by atoms with Crippen LogP contribution in [0.15, 0.2) is 47.1 Å². The fourth-order valence-electron chi connectivity index (χ4n) is 3.11. The number of rotatable bonds is 2. The van der Waals surface area contributed by atoms with Gasteiger partial charge < -0.3 is 19.5 Å². The predicted octanol–water partition coefficient (Wildman–Crippen LogP) is 3.57. The number of hydrogen-bond acceptors (Lipinski definition) is 3. The van der Waals surface area contributed by atoms with Crippen molar-refractivity contribution in [1.82, 2.24) is 9.80 Å². The lowest BCUT2D eigenvalue weighted by Crippen LogP contribution is -2.51. The molecule has 0 atom stereocenters. The zero-order valence-corrected chi connectivity index (χ0v) is 15.5. The largest absolute Gasteiger partial charge is 0.459 e. The Morgan fingerprint density at radius 3 is 2.23 bits per heavy atom. The summed E-state index contributed by atoms with van der Waals surface area (Å²) in [5.41, 5.74) is 1.87. The Kier molecular flexibility index (Phi) is 5.02. The minimum atomic E-state index is -0.133. The molecule has 0 saturated carbocycles. The summed E-state index contributed by atoms with van der Waals surface area (Å²) in [5.74, 6) is 0.204. The molecule has 0 radical (unpaired) electrons. The van der Waals surface area contributed by atoms with E-state index in [9.17, 15) is 9.59 Å². The van der Waals surface area contributed by atoms with E-state index in [-0.39, 0.29) is 17.4 Å². The molecular formula is C20H25N3O3. The number of nitrogens with one attached hydrogen (secondary N) is 1. The highest BCUT2D eigenvalue weighted by molar-refractivity contribution is 5.92. The molecule has 1 fully saturated rings. The number of carbonyl (C=O) groups excluding carboxylic acids is 2. The molecule has 6 nitrogen and oxygen atoms in total. The maximum atomic E-state index is 12.6. The second-order valence-electron chi connectivity index (χ2n) is 7.48. The molecule has 0 bridgehead atoms. The third-order valence-electron chi connectivity index (χ3n) is 4.56. The van der Waals surface area contributed by atoms with Crippen molar-refractivity contribution >= 4 is 17.6 Å². The van der Waals surface area contributed by atoms with Gasteiger partial charge >= 0.3 is 6.03 Å². The van der Waals surface area contributed by atoms with E-state index >= 15 is 0 Å². The van der Waals surface area contributed by atoms with Crippen molar-refractivity contribution in [3.8, 4) is 0 Å². The summed E-state index contributed by atoms with van der Waals surface area (Å²) in [6.45, 7) is 8.35. The van der Waals surface area contributed by atoms with Gasteiger partial charge in [-0.2, -0.15) is 0 Å². The first kappa shape index (κ1) is 18.0. The van der Waals surface area contributed by atoms with Gasteiger partial charge in [0.25, 0.3) is 5.91 Å². The number of nitrogens with zero attached hydrogens (tertiary/aromatic N) is 2. The molecule has 0 unspecified atom stereocenters. The molecule has 1 saturated heterocycles. The van der Waals surface area contributed by atoms with Crippen LogP contribution in [0.5, 0.6) is 0 Å². The van der Waals surface area contributed by atoms with Crippen molar-refractivity contribution in [3.63, 3.8) is 0 Å². The van der Waals surface area contributed by atoms with Crippen molar-refractivity contribution in [2.75, 3.05) is 31.5 Å². The third kappa shape index (κ3) is 3.90. The summed E-state index contributed by atoms with van der Waals surface area (Å²) in [4.78, 5) is 28.4. The van der Waals surface area contributed by atoms with Crippen molar-refractivity contribution in [1.29, 1.82) is 0 Å². The van der Waals surface area contributed by atoms with Crippen LogP contribution in [0.4, 0.5) is 10.5 Å². The average molecular weight is 355 g/mol. The number of carbonyl (C=O) groups is 2. The van der Waals surface area contributed by atoms with E-state index in [0.29, 0.717) is 31.9 Å². The summed E-state index contributed by atoms with van der Waals surface area (Å²) in [6, 6.07) is 11.1. The number of anilines is 1. The van der Waals surface area contributed by atoms with E-state index in [2.05, 4.69) is 26.1 Å². The van der Waals surface area contributed by atoms with Crippen LogP contribution in [0.1, 0.15) is 36.9 Å².